The third kappa shape index (κ3) is 7.18. The molecular weight excluding hydrogens is 304 g/mol. The molecule has 1 heterocycles. The highest BCUT2D eigenvalue weighted by Crippen LogP contribution is 2.17. The van der Waals surface area contributed by atoms with Crippen LogP contribution in [0.15, 0.2) is 0 Å². The van der Waals surface area contributed by atoms with E-state index in [1.54, 1.807) is 0 Å². The van der Waals surface area contributed by atoms with E-state index in [9.17, 15) is 9.59 Å². The average molecular weight is 338 g/mol. The standard InChI is InChI=1S/C18H34N4O2/c1-15(2)19-17(23)13-21-9-11-22(12-10-21)14-18(24)20-16-7-5-3-4-6-8-16/h15-16H,3-14H2,1-2H3,(H,19,23)(H,20,24). The van der Waals surface area contributed by atoms with Gasteiger partial charge >= 0.3 is 0 Å². The molecule has 0 aromatic heterocycles. The Labute approximate surface area is 146 Å². The zero-order valence-electron chi connectivity index (χ0n) is 15.4. The first-order valence-electron chi connectivity index (χ1n) is 9.56. The van der Waals surface area contributed by atoms with E-state index in [-0.39, 0.29) is 17.9 Å². The van der Waals surface area contributed by atoms with Crippen molar-refractivity contribution in [1.29, 1.82) is 0 Å². The summed E-state index contributed by atoms with van der Waals surface area (Å²) in [5, 5.41) is 6.14. The van der Waals surface area contributed by atoms with Gasteiger partial charge in [0.1, 0.15) is 0 Å². The first-order chi connectivity index (χ1) is 11.5. The average Bonchev–Trinajstić information content (AvgIpc) is 2.77. The van der Waals surface area contributed by atoms with Crippen LogP contribution < -0.4 is 10.6 Å². The van der Waals surface area contributed by atoms with Crippen LogP contribution in [0.4, 0.5) is 0 Å². The molecule has 1 saturated heterocycles. The molecule has 2 fully saturated rings. The van der Waals surface area contributed by atoms with Crippen LogP contribution in [-0.4, -0.2) is 73.0 Å². The largest absolute Gasteiger partial charge is 0.353 e. The highest BCUT2D eigenvalue weighted by molar-refractivity contribution is 5.78. The van der Waals surface area contributed by atoms with Gasteiger partial charge in [0.2, 0.25) is 11.8 Å². The number of piperazine rings is 1. The lowest BCUT2D eigenvalue weighted by molar-refractivity contribution is -0.125. The van der Waals surface area contributed by atoms with Crippen molar-refractivity contribution in [1.82, 2.24) is 20.4 Å². The molecule has 0 atom stereocenters. The van der Waals surface area contributed by atoms with Crippen LogP contribution in [0.5, 0.6) is 0 Å². The highest BCUT2D eigenvalue weighted by Gasteiger charge is 2.22. The predicted octanol–water partition coefficient (Wildman–Crippen LogP) is 0.968. The van der Waals surface area contributed by atoms with Gasteiger partial charge in [-0.1, -0.05) is 25.7 Å². The van der Waals surface area contributed by atoms with Gasteiger partial charge in [-0.15, -0.1) is 0 Å². The van der Waals surface area contributed by atoms with E-state index >= 15 is 0 Å². The number of carbonyl (C=O) groups excluding carboxylic acids is 2. The Morgan fingerprint density at radius 3 is 1.88 bits per heavy atom. The molecule has 6 nitrogen and oxygen atoms in total. The lowest BCUT2D eigenvalue weighted by Crippen LogP contribution is -2.52. The normalized spacial score (nSPS) is 21.5. The summed E-state index contributed by atoms with van der Waals surface area (Å²) in [6.07, 6.45) is 7.34. The lowest BCUT2D eigenvalue weighted by Gasteiger charge is -2.34. The fraction of sp³-hybridized carbons (Fsp3) is 0.889. The third-order valence-corrected chi connectivity index (χ3v) is 4.87. The lowest BCUT2D eigenvalue weighted by atomic mass is 10.1. The summed E-state index contributed by atoms with van der Waals surface area (Å²) in [5.41, 5.74) is 0. The van der Waals surface area contributed by atoms with Crippen LogP contribution in [0.25, 0.3) is 0 Å². The molecule has 0 aromatic rings. The number of nitrogens with one attached hydrogen (secondary N) is 2. The van der Waals surface area contributed by atoms with Crippen LogP contribution >= 0.6 is 0 Å². The smallest absolute Gasteiger partial charge is 0.234 e. The fourth-order valence-electron chi connectivity index (χ4n) is 3.58. The number of carbonyl (C=O) groups is 2. The number of hydrogen-bond donors (Lipinski definition) is 2. The van der Waals surface area contributed by atoms with Crippen LogP contribution in [-0.2, 0) is 9.59 Å². The van der Waals surface area contributed by atoms with E-state index in [4.69, 9.17) is 0 Å². The first-order valence-corrected chi connectivity index (χ1v) is 9.56. The van der Waals surface area contributed by atoms with Crippen molar-refractivity contribution in [2.75, 3.05) is 39.3 Å². The summed E-state index contributed by atoms with van der Waals surface area (Å²) in [5.74, 6) is 0.248. The SMILES string of the molecule is CC(C)NC(=O)CN1CCN(CC(=O)NC2CCCCCC2)CC1. The molecule has 2 N–H and O–H groups in total. The fourth-order valence-corrected chi connectivity index (χ4v) is 3.58. The van der Waals surface area contributed by atoms with E-state index in [1.807, 2.05) is 13.8 Å². The second kappa shape index (κ2) is 9.99. The summed E-state index contributed by atoms with van der Waals surface area (Å²) in [4.78, 5) is 28.4. The Morgan fingerprint density at radius 1 is 0.875 bits per heavy atom. The molecule has 2 amide bonds. The zero-order chi connectivity index (χ0) is 17.4. The quantitative estimate of drug-likeness (QED) is 0.708. The molecule has 0 spiro atoms. The van der Waals surface area contributed by atoms with Crippen molar-refractivity contribution in [2.45, 2.75) is 64.5 Å². The van der Waals surface area contributed by atoms with Gasteiger partial charge in [0.05, 0.1) is 13.1 Å². The molecule has 0 bridgehead atoms. The van der Waals surface area contributed by atoms with Crippen molar-refractivity contribution in [3.05, 3.63) is 0 Å². The molecule has 2 aliphatic rings. The van der Waals surface area contributed by atoms with E-state index in [0.717, 1.165) is 39.0 Å². The molecule has 0 unspecified atom stereocenters. The second-order valence-electron chi connectivity index (χ2n) is 7.53. The Bertz CT molecular complexity index is 398. The minimum absolute atomic E-state index is 0.0876. The maximum Gasteiger partial charge on any atom is 0.234 e. The number of rotatable bonds is 6. The van der Waals surface area contributed by atoms with Gasteiger partial charge in [-0.2, -0.15) is 0 Å². The molecular formula is C18H34N4O2. The van der Waals surface area contributed by atoms with Crippen molar-refractivity contribution in [2.24, 2.45) is 0 Å². The summed E-state index contributed by atoms with van der Waals surface area (Å²) in [7, 11) is 0. The predicted molar refractivity (Wildman–Crippen MR) is 95.8 cm³/mol. The monoisotopic (exact) mass is 338 g/mol. The van der Waals surface area contributed by atoms with Crippen molar-refractivity contribution < 1.29 is 9.59 Å². The maximum atomic E-state index is 12.2. The Balaban J connectivity index is 1.63. The van der Waals surface area contributed by atoms with Gasteiger partial charge < -0.3 is 10.6 Å². The summed E-state index contributed by atoms with van der Waals surface area (Å²) in [6.45, 7) is 8.30. The third-order valence-electron chi connectivity index (χ3n) is 4.87. The summed E-state index contributed by atoms with van der Waals surface area (Å²) in [6, 6.07) is 0.562. The van der Waals surface area contributed by atoms with Crippen LogP contribution in [0.1, 0.15) is 52.4 Å². The molecule has 0 aromatic carbocycles. The number of hydrogen-bond acceptors (Lipinski definition) is 4. The minimum Gasteiger partial charge on any atom is -0.353 e. The number of amides is 2. The molecule has 24 heavy (non-hydrogen) atoms. The summed E-state index contributed by atoms with van der Waals surface area (Å²) < 4.78 is 0. The molecule has 1 aliphatic carbocycles. The van der Waals surface area contributed by atoms with Crippen LogP contribution in [0.3, 0.4) is 0 Å². The van der Waals surface area contributed by atoms with Crippen LogP contribution in [0.2, 0.25) is 0 Å². The van der Waals surface area contributed by atoms with Gasteiger partial charge in [0, 0.05) is 38.3 Å². The Hall–Kier alpha value is -1.14. The van der Waals surface area contributed by atoms with Gasteiger partial charge in [-0.25, -0.2) is 0 Å². The molecule has 1 aliphatic heterocycles. The first kappa shape index (κ1) is 19.2. The Kier molecular flexibility index (Phi) is 7.99. The number of nitrogens with zero attached hydrogens (tertiary/aromatic N) is 2. The van der Waals surface area contributed by atoms with Crippen molar-refractivity contribution in [3.8, 4) is 0 Å². The molecule has 138 valence electrons. The Morgan fingerprint density at radius 2 is 1.38 bits per heavy atom. The van der Waals surface area contributed by atoms with Crippen LogP contribution in [0, 0.1) is 0 Å². The minimum atomic E-state index is 0.0876. The molecule has 6 heteroatoms. The van der Waals surface area contributed by atoms with E-state index < -0.39 is 0 Å². The van der Waals surface area contributed by atoms with Gasteiger partial charge in [0.15, 0.2) is 0 Å². The van der Waals surface area contributed by atoms with E-state index in [2.05, 4.69) is 20.4 Å². The van der Waals surface area contributed by atoms with Crippen molar-refractivity contribution in [3.63, 3.8) is 0 Å². The molecule has 1 saturated carbocycles. The zero-order valence-corrected chi connectivity index (χ0v) is 15.4. The highest BCUT2D eigenvalue weighted by atomic mass is 16.2. The van der Waals surface area contributed by atoms with Gasteiger partial charge in [0.25, 0.3) is 0 Å². The van der Waals surface area contributed by atoms with E-state index in [0.29, 0.717) is 19.1 Å². The second-order valence-corrected chi connectivity index (χ2v) is 7.53. The molecule has 0 radical (unpaired) electrons. The van der Waals surface area contributed by atoms with E-state index in [1.165, 1.54) is 25.7 Å². The van der Waals surface area contributed by atoms with Gasteiger partial charge in [-0.3, -0.25) is 19.4 Å². The molecule has 2 rings (SSSR count). The topological polar surface area (TPSA) is 64.7 Å². The van der Waals surface area contributed by atoms with Gasteiger partial charge in [-0.05, 0) is 26.7 Å². The van der Waals surface area contributed by atoms with Crippen molar-refractivity contribution >= 4 is 11.8 Å². The maximum absolute atomic E-state index is 12.2. The summed E-state index contributed by atoms with van der Waals surface area (Å²) >= 11 is 0.